The Morgan fingerprint density at radius 1 is 1.41 bits per heavy atom. The molecule has 2 amide bonds. The zero-order chi connectivity index (χ0) is 15.7. The van der Waals surface area contributed by atoms with Crippen LogP contribution in [0.4, 0.5) is 0 Å². The van der Waals surface area contributed by atoms with Crippen molar-refractivity contribution in [2.75, 3.05) is 19.6 Å². The Morgan fingerprint density at radius 2 is 2.14 bits per heavy atom. The van der Waals surface area contributed by atoms with E-state index in [4.69, 9.17) is 5.73 Å². The van der Waals surface area contributed by atoms with Gasteiger partial charge < -0.3 is 11.1 Å². The van der Waals surface area contributed by atoms with Gasteiger partial charge in [-0.3, -0.25) is 19.2 Å². The van der Waals surface area contributed by atoms with Crippen molar-refractivity contribution in [1.82, 2.24) is 20.0 Å². The number of rotatable bonds is 5. The van der Waals surface area contributed by atoms with E-state index < -0.39 is 0 Å². The van der Waals surface area contributed by atoms with E-state index in [2.05, 4.69) is 10.4 Å². The minimum atomic E-state index is -0.292. The molecular formula is C15H23N5O2. The van der Waals surface area contributed by atoms with Crippen LogP contribution in [0.2, 0.25) is 0 Å². The molecule has 1 aromatic rings. The number of hydrogen-bond acceptors (Lipinski definition) is 4. The van der Waals surface area contributed by atoms with E-state index in [1.54, 1.807) is 4.68 Å². The molecule has 120 valence electrons. The summed E-state index contributed by atoms with van der Waals surface area (Å²) in [6.07, 6.45) is 6.51. The third-order valence-corrected chi connectivity index (χ3v) is 4.59. The first-order chi connectivity index (χ1) is 10.5. The quantitative estimate of drug-likeness (QED) is 0.773. The molecule has 2 heterocycles. The van der Waals surface area contributed by atoms with Gasteiger partial charge in [0.1, 0.15) is 0 Å². The van der Waals surface area contributed by atoms with Crippen LogP contribution in [0.5, 0.6) is 0 Å². The maximum atomic E-state index is 12.3. The highest BCUT2D eigenvalue weighted by Gasteiger charge is 2.45. The molecule has 0 aromatic carbocycles. The predicted octanol–water partition coefficient (Wildman–Crippen LogP) is -0.410. The molecule has 0 bridgehead atoms. The number of primary amides is 1. The normalized spacial score (nSPS) is 25.9. The summed E-state index contributed by atoms with van der Waals surface area (Å²) in [5, 5.41) is 7.31. The second-order valence-electron chi connectivity index (χ2n) is 6.42. The van der Waals surface area contributed by atoms with Crippen LogP contribution in [-0.4, -0.2) is 52.2 Å². The van der Waals surface area contributed by atoms with E-state index >= 15 is 0 Å². The van der Waals surface area contributed by atoms with Gasteiger partial charge in [-0.1, -0.05) is 0 Å². The van der Waals surface area contributed by atoms with E-state index in [1.807, 2.05) is 24.3 Å². The van der Waals surface area contributed by atoms with Gasteiger partial charge >= 0.3 is 0 Å². The molecule has 7 heteroatoms. The second-order valence-corrected chi connectivity index (χ2v) is 6.42. The highest BCUT2D eigenvalue weighted by atomic mass is 16.2. The van der Waals surface area contributed by atoms with Crippen LogP contribution in [0.1, 0.15) is 30.7 Å². The van der Waals surface area contributed by atoms with Crippen LogP contribution in [-0.2, 0) is 16.6 Å². The number of piperidine rings is 1. The van der Waals surface area contributed by atoms with E-state index in [9.17, 15) is 9.59 Å². The number of carbonyl (C=O) groups excluding carboxylic acids is 2. The number of aryl methyl sites for hydroxylation is 1. The summed E-state index contributed by atoms with van der Waals surface area (Å²) in [6, 6.07) is 0.215. The number of hydrogen-bond donors (Lipinski definition) is 2. The zero-order valence-electron chi connectivity index (χ0n) is 12.9. The van der Waals surface area contributed by atoms with Crippen LogP contribution >= 0.6 is 0 Å². The standard InChI is InChI=1S/C15H23N5O2/c1-19-8-10(7-17-19)12-6-13(12)15(22)18-11-2-4-20(5-3-11)9-14(16)21/h7-8,11-13H,2-6,9H2,1H3,(H2,16,21)(H,18,22)/t12-,13+/m0/s1. The van der Waals surface area contributed by atoms with Crippen molar-refractivity contribution < 1.29 is 9.59 Å². The van der Waals surface area contributed by atoms with Crippen LogP contribution < -0.4 is 11.1 Å². The summed E-state index contributed by atoms with van der Waals surface area (Å²) >= 11 is 0. The summed E-state index contributed by atoms with van der Waals surface area (Å²) in [5.74, 6) is 0.276. The lowest BCUT2D eigenvalue weighted by atomic mass is 10.0. The van der Waals surface area contributed by atoms with E-state index in [1.165, 1.54) is 0 Å². The maximum Gasteiger partial charge on any atom is 0.231 e. The van der Waals surface area contributed by atoms with Crippen LogP contribution in [0, 0.1) is 5.92 Å². The Bertz CT molecular complexity index is 562. The predicted molar refractivity (Wildman–Crippen MR) is 80.9 cm³/mol. The van der Waals surface area contributed by atoms with Gasteiger partial charge in [-0.05, 0) is 30.7 Å². The van der Waals surface area contributed by atoms with Crippen molar-refractivity contribution in [2.24, 2.45) is 18.7 Å². The van der Waals surface area contributed by atoms with E-state index in [-0.39, 0.29) is 23.8 Å². The number of nitrogens with two attached hydrogens (primary N) is 1. The Hall–Kier alpha value is -1.89. The molecule has 1 aliphatic carbocycles. The van der Waals surface area contributed by atoms with Crippen molar-refractivity contribution >= 4 is 11.8 Å². The summed E-state index contributed by atoms with van der Waals surface area (Å²) in [5.41, 5.74) is 6.35. The average molecular weight is 305 g/mol. The molecule has 2 fully saturated rings. The van der Waals surface area contributed by atoms with Gasteiger partial charge in [-0.2, -0.15) is 5.10 Å². The van der Waals surface area contributed by atoms with E-state index in [0.29, 0.717) is 12.5 Å². The monoisotopic (exact) mass is 305 g/mol. The zero-order valence-corrected chi connectivity index (χ0v) is 12.9. The largest absolute Gasteiger partial charge is 0.369 e. The van der Waals surface area contributed by atoms with Gasteiger partial charge in [-0.15, -0.1) is 0 Å². The lowest BCUT2D eigenvalue weighted by Crippen LogP contribution is -2.47. The first kappa shape index (κ1) is 15.0. The minimum absolute atomic E-state index is 0.0906. The highest BCUT2D eigenvalue weighted by Crippen LogP contribution is 2.47. The fraction of sp³-hybridized carbons (Fsp3) is 0.667. The number of amides is 2. The summed E-state index contributed by atoms with van der Waals surface area (Å²) in [6.45, 7) is 1.93. The summed E-state index contributed by atoms with van der Waals surface area (Å²) < 4.78 is 1.77. The van der Waals surface area contributed by atoms with Gasteiger partial charge in [0.15, 0.2) is 0 Å². The molecule has 1 aromatic heterocycles. The van der Waals surface area contributed by atoms with Gasteiger partial charge in [0, 0.05) is 38.3 Å². The molecule has 3 rings (SSSR count). The number of aromatic nitrogens is 2. The molecule has 2 aliphatic rings. The molecule has 0 spiro atoms. The SMILES string of the molecule is Cn1cc([C@@H]2C[C@H]2C(=O)NC2CCN(CC(N)=O)CC2)cn1. The van der Waals surface area contributed by atoms with Crippen molar-refractivity contribution in [3.05, 3.63) is 18.0 Å². The molecule has 3 N–H and O–H groups in total. The van der Waals surface area contributed by atoms with Gasteiger partial charge in [-0.25, -0.2) is 0 Å². The lowest BCUT2D eigenvalue weighted by Gasteiger charge is -2.31. The molecule has 0 radical (unpaired) electrons. The van der Waals surface area contributed by atoms with E-state index in [0.717, 1.165) is 37.9 Å². The third kappa shape index (κ3) is 3.47. The molecule has 2 atom stereocenters. The highest BCUT2D eigenvalue weighted by molar-refractivity contribution is 5.83. The smallest absolute Gasteiger partial charge is 0.231 e. The number of carbonyl (C=O) groups is 2. The van der Waals surface area contributed by atoms with Crippen LogP contribution in [0.3, 0.4) is 0 Å². The first-order valence-corrected chi connectivity index (χ1v) is 7.82. The molecule has 0 unspecified atom stereocenters. The maximum absolute atomic E-state index is 12.3. The molecule has 1 saturated heterocycles. The van der Waals surface area contributed by atoms with Crippen LogP contribution in [0.25, 0.3) is 0 Å². The minimum Gasteiger partial charge on any atom is -0.369 e. The lowest BCUT2D eigenvalue weighted by molar-refractivity contribution is -0.124. The Labute approximate surface area is 129 Å². The fourth-order valence-electron chi connectivity index (χ4n) is 3.25. The molecule has 7 nitrogen and oxygen atoms in total. The van der Waals surface area contributed by atoms with Crippen molar-refractivity contribution in [3.8, 4) is 0 Å². The molecule has 1 saturated carbocycles. The van der Waals surface area contributed by atoms with Crippen molar-refractivity contribution in [1.29, 1.82) is 0 Å². The Balaban J connectivity index is 1.43. The van der Waals surface area contributed by atoms with Gasteiger partial charge in [0.05, 0.1) is 12.7 Å². The first-order valence-electron chi connectivity index (χ1n) is 7.82. The third-order valence-electron chi connectivity index (χ3n) is 4.59. The van der Waals surface area contributed by atoms with Crippen molar-refractivity contribution in [3.63, 3.8) is 0 Å². The number of likely N-dealkylation sites (tertiary alicyclic amines) is 1. The molecule has 22 heavy (non-hydrogen) atoms. The molecular weight excluding hydrogens is 282 g/mol. The fourth-order valence-corrected chi connectivity index (χ4v) is 3.25. The average Bonchev–Trinajstić information content (AvgIpc) is 3.16. The van der Waals surface area contributed by atoms with Crippen molar-refractivity contribution in [2.45, 2.75) is 31.2 Å². The van der Waals surface area contributed by atoms with Crippen LogP contribution in [0.15, 0.2) is 12.4 Å². The Kier molecular flexibility index (Phi) is 4.15. The summed E-state index contributed by atoms with van der Waals surface area (Å²) in [4.78, 5) is 25.2. The number of nitrogens with zero attached hydrogens (tertiary/aromatic N) is 3. The van der Waals surface area contributed by atoms with Gasteiger partial charge in [0.2, 0.25) is 11.8 Å². The molecule has 1 aliphatic heterocycles. The summed E-state index contributed by atoms with van der Waals surface area (Å²) in [7, 11) is 1.89. The second kappa shape index (κ2) is 6.08. The topological polar surface area (TPSA) is 93.3 Å². The number of nitrogens with one attached hydrogen (secondary N) is 1. The van der Waals surface area contributed by atoms with Gasteiger partial charge in [0.25, 0.3) is 0 Å². The Morgan fingerprint density at radius 3 is 2.73 bits per heavy atom.